The van der Waals surface area contributed by atoms with Crippen LogP contribution in [0.1, 0.15) is 59.3 Å². The fourth-order valence-electron chi connectivity index (χ4n) is 2.97. The van der Waals surface area contributed by atoms with Gasteiger partial charge >= 0.3 is 0 Å². The van der Waals surface area contributed by atoms with E-state index in [-0.39, 0.29) is 5.60 Å². The molecule has 1 aliphatic carbocycles. The third-order valence-electron chi connectivity index (χ3n) is 4.48. The van der Waals surface area contributed by atoms with Crippen LogP contribution in [0.2, 0.25) is 0 Å². The van der Waals surface area contributed by atoms with Crippen molar-refractivity contribution in [2.45, 2.75) is 70.9 Å². The van der Waals surface area contributed by atoms with E-state index >= 15 is 0 Å². The SMILES string of the molecule is CCNC(CC1CCC1)C(CC)(CC)OC. The summed E-state index contributed by atoms with van der Waals surface area (Å²) >= 11 is 0. The van der Waals surface area contributed by atoms with E-state index < -0.39 is 0 Å². The van der Waals surface area contributed by atoms with Gasteiger partial charge in [-0.2, -0.15) is 0 Å². The Morgan fingerprint density at radius 1 is 1.25 bits per heavy atom. The average molecular weight is 227 g/mol. The van der Waals surface area contributed by atoms with Crippen molar-refractivity contribution in [3.63, 3.8) is 0 Å². The lowest BCUT2D eigenvalue weighted by Gasteiger charge is -2.42. The zero-order valence-electron chi connectivity index (χ0n) is 11.5. The Labute approximate surface area is 101 Å². The molecule has 96 valence electrons. The van der Waals surface area contributed by atoms with Gasteiger partial charge in [-0.25, -0.2) is 0 Å². The van der Waals surface area contributed by atoms with Gasteiger partial charge in [-0.15, -0.1) is 0 Å². The molecule has 0 spiro atoms. The minimum atomic E-state index is 0.0472. The first-order valence-corrected chi connectivity index (χ1v) is 7.00. The second-order valence-corrected chi connectivity index (χ2v) is 5.12. The summed E-state index contributed by atoms with van der Waals surface area (Å²) in [4.78, 5) is 0. The van der Waals surface area contributed by atoms with Gasteiger partial charge in [0.15, 0.2) is 0 Å². The van der Waals surface area contributed by atoms with E-state index in [1.165, 1.54) is 25.7 Å². The molecule has 0 saturated heterocycles. The van der Waals surface area contributed by atoms with Crippen molar-refractivity contribution in [1.29, 1.82) is 0 Å². The Hall–Kier alpha value is -0.0800. The van der Waals surface area contributed by atoms with E-state index in [1.54, 1.807) is 0 Å². The van der Waals surface area contributed by atoms with Crippen LogP contribution in [0.25, 0.3) is 0 Å². The van der Waals surface area contributed by atoms with Crippen LogP contribution in [0.4, 0.5) is 0 Å². The van der Waals surface area contributed by atoms with E-state index in [1.807, 2.05) is 7.11 Å². The van der Waals surface area contributed by atoms with E-state index in [0.717, 1.165) is 25.3 Å². The van der Waals surface area contributed by atoms with E-state index in [0.29, 0.717) is 6.04 Å². The highest BCUT2D eigenvalue weighted by molar-refractivity contribution is 4.93. The van der Waals surface area contributed by atoms with Crippen molar-refractivity contribution in [3.05, 3.63) is 0 Å². The van der Waals surface area contributed by atoms with Gasteiger partial charge in [0.2, 0.25) is 0 Å². The number of nitrogens with one attached hydrogen (secondary N) is 1. The Kier molecular flexibility index (Phi) is 5.77. The number of ether oxygens (including phenoxy) is 1. The van der Waals surface area contributed by atoms with Crippen molar-refractivity contribution in [2.75, 3.05) is 13.7 Å². The van der Waals surface area contributed by atoms with Gasteiger partial charge in [-0.1, -0.05) is 40.0 Å². The lowest BCUT2D eigenvalue weighted by atomic mass is 9.75. The van der Waals surface area contributed by atoms with Crippen molar-refractivity contribution in [1.82, 2.24) is 5.32 Å². The van der Waals surface area contributed by atoms with E-state index in [2.05, 4.69) is 26.1 Å². The first-order valence-electron chi connectivity index (χ1n) is 7.00. The van der Waals surface area contributed by atoms with Crippen molar-refractivity contribution < 1.29 is 4.74 Å². The summed E-state index contributed by atoms with van der Waals surface area (Å²) in [5.74, 6) is 0.941. The molecule has 1 N–H and O–H groups in total. The van der Waals surface area contributed by atoms with Crippen LogP contribution in [-0.4, -0.2) is 25.3 Å². The fraction of sp³-hybridized carbons (Fsp3) is 1.00. The van der Waals surface area contributed by atoms with Gasteiger partial charge in [-0.3, -0.25) is 0 Å². The molecule has 0 aromatic rings. The van der Waals surface area contributed by atoms with Crippen LogP contribution in [0.3, 0.4) is 0 Å². The summed E-state index contributed by atoms with van der Waals surface area (Å²) in [7, 11) is 1.87. The van der Waals surface area contributed by atoms with E-state index in [9.17, 15) is 0 Å². The Balaban J connectivity index is 2.63. The van der Waals surface area contributed by atoms with Crippen LogP contribution in [0, 0.1) is 5.92 Å². The Morgan fingerprint density at radius 3 is 2.19 bits per heavy atom. The fourth-order valence-corrected chi connectivity index (χ4v) is 2.97. The van der Waals surface area contributed by atoms with Gasteiger partial charge in [0.05, 0.1) is 5.60 Å². The largest absolute Gasteiger partial charge is 0.377 e. The van der Waals surface area contributed by atoms with Crippen LogP contribution < -0.4 is 5.32 Å². The maximum atomic E-state index is 5.86. The van der Waals surface area contributed by atoms with Crippen molar-refractivity contribution >= 4 is 0 Å². The first-order chi connectivity index (χ1) is 7.72. The van der Waals surface area contributed by atoms with Crippen LogP contribution in [0.15, 0.2) is 0 Å². The van der Waals surface area contributed by atoms with Gasteiger partial charge in [0.1, 0.15) is 0 Å². The topological polar surface area (TPSA) is 21.3 Å². The highest BCUT2D eigenvalue weighted by Gasteiger charge is 2.37. The highest BCUT2D eigenvalue weighted by atomic mass is 16.5. The predicted molar refractivity (Wildman–Crippen MR) is 69.7 cm³/mol. The third-order valence-corrected chi connectivity index (χ3v) is 4.48. The molecule has 1 aliphatic rings. The molecule has 1 rings (SSSR count). The molecule has 1 atom stereocenters. The van der Waals surface area contributed by atoms with Gasteiger partial charge in [0, 0.05) is 13.2 Å². The number of likely N-dealkylation sites (N-methyl/N-ethyl adjacent to an activating group) is 1. The minimum Gasteiger partial charge on any atom is -0.377 e. The Morgan fingerprint density at radius 2 is 1.88 bits per heavy atom. The second-order valence-electron chi connectivity index (χ2n) is 5.12. The van der Waals surface area contributed by atoms with Gasteiger partial charge in [-0.05, 0) is 31.7 Å². The van der Waals surface area contributed by atoms with Gasteiger partial charge < -0.3 is 10.1 Å². The molecule has 0 aromatic carbocycles. The lowest BCUT2D eigenvalue weighted by molar-refractivity contribution is -0.0553. The van der Waals surface area contributed by atoms with Gasteiger partial charge in [0.25, 0.3) is 0 Å². The molecule has 0 bridgehead atoms. The highest BCUT2D eigenvalue weighted by Crippen LogP contribution is 2.35. The molecular weight excluding hydrogens is 198 g/mol. The molecule has 2 heteroatoms. The number of rotatable bonds is 8. The lowest BCUT2D eigenvalue weighted by Crippen LogP contribution is -2.52. The summed E-state index contributed by atoms with van der Waals surface area (Å²) in [6, 6.07) is 0.530. The molecule has 1 saturated carbocycles. The van der Waals surface area contributed by atoms with Crippen molar-refractivity contribution in [3.8, 4) is 0 Å². The molecule has 1 fully saturated rings. The molecule has 1 unspecified atom stereocenters. The maximum absolute atomic E-state index is 5.86. The Bertz CT molecular complexity index is 177. The molecule has 0 aliphatic heterocycles. The normalized spacial score (nSPS) is 19.5. The molecule has 0 amide bonds. The summed E-state index contributed by atoms with van der Waals surface area (Å²) in [5.41, 5.74) is 0.0472. The van der Waals surface area contributed by atoms with Crippen LogP contribution >= 0.6 is 0 Å². The molecule has 0 aromatic heterocycles. The summed E-state index contributed by atoms with van der Waals surface area (Å²) < 4.78 is 5.86. The van der Waals surface area contributed by atoms with E-state index in [4.69, 9.17) is 4.74 Å². The third kappa shape index (κ3) is 2.98. The quantitative estimate of drug-likeness (QED) is 0.686. The molecule has 0 radical (unpaired) electrons. The molecule has 16 heavy (non-hydrogen) atoms. The van der Waals surface area contributed by atoms with Crippen molar-refractivity contribution in [2.24, 2.45) is 5.92 Å². The summed E-state index contributed by atoms with van der Waals surface area (Å²) in [6.07, 6.45) is 7.78. The molecular formula is C14H29NO. The number of hydrogen-bond acceptors (Lipinski definition) is 2. The monoisotopic (exact) mass is 227 g/mol. The summed E-state index contributed by atoms with van der Waals surface area (Å²) in [6.45, 7) is 7.73. The number of methoxy groups -OCH3 is 1. The number of hydrogen-bond donors (Lipinski definition) is 1. The molecule has 2 nitrogen and oxygen atoms in total. The maximum Gasteiger partial charge on any atom is 0.0825 e. The smallest absolute Gasteiger partial charge is 0.0825 e. The zero-order valence-corrected chi connectivity index (χ0v) is 11.5. The van der Waals surface area contributed by atoms with Crippen LogP contribution in [0.5, 0.6) is 0 Å². The zero-order chi connectivity index (χ0) is 12.0. The molecule has 0 heterocycles. The first kappa shape index (κ1) is 14.0. The standard InChI is InChI=1S/C14H29NO/c1-5-14(6-2,16-4)13(15-7-3)11-12-9-8-10-12/h12-13,15H,5-11H2,1-4H3. The summed E-state index contributed by atoms with van der Waals surface area (Å²) in [5, 5.41) is 3.65. The average Bonchev–Trinajstić information content (AvgIpc) is 2.26. The predicted octanol–water partition coefficient (Wildman–Crippen LogP) is 3.36. The van der Waals surface area contributed by atoms with Crippen LogP contribution in [-0.2, 0) is 4.74 Å². The minimum absolute atomic E-state index is 0.0472. The second kappa shape index (κ2) is 6.61.